The van der Waals surface area contributed by atoms with Crippen LogP contribution in [0.3, 0.4) is 0 Å². The molecule has 106 valence electrons. The molecule has 0 bridgehead atoms. The number of benzene rings is 1. The second-order valence-corrected chi connectivity index (χ2v) is 5.24. The highest BCUT2D eigenvalue weighted by atomic mass is 16.1. The molecule has 0 atom stereocenters. The number of nitrogens with zero attached hydrogens (tertiary/aromatic N) is 1. The van der Waals surface area contributed by atoms with E-state index in [1.54, 1.807) is 6.07 Å². The van der Waals surface area contributed by atoms with Crippen molar-refractivity contribution in [3.05, 3.63) is 63.1 Å². The van der Waals surface area contributed by atoms with E-state index in [1.807, 2.05) is 20.0 Å². The van der Waals surface area contributed by atoms with E-state index in [1.165, 1.54) is 11.1 Å². The van der Waals surface area contributed by atoms with Crippen LogP contribution in [-0.2, 0) is 6.54 Å². The molecule has 3 nitrogen and oxygen atoms in total. The molecule has 0 aliphatic rings. The zero-order valence-electron chi connectivity index (χ0n) is 12.7. The first-order valence-corrected chi connectivity index (χ1v) is 7.03. The predicted octanol–water partition coefficient (Wildman–Crippen LogP) is 2.87. The molecule has 0 aliphatic carbocycles. The summed E-state index contributed by atoms with van der Waals surface area (Å²) in [7, 11) is 0. The van der Waals surface area contributed by atoms with E-state index in [9.17, 15) is 4.79 Å². The van der Waals surface area contributed by atoms with E-state index in [0.717, 1.165) is 23.5 Å². The Labute approximate surface area is 120 Å². The lowest BCUT2D eigenvalue weighted by molar-refractivity contribution is 0.715. The summed E-state index contributed by atoms with van der Waals surface area (Å²) in [4.78, 5) is 12.0. The molecular formula is C17H22N2O. The first kappa shape index (κ1) is 14.5. The second kappa shape index (κ2) is 6.06. The fraction of sp³-hybridized carbons (Fsp3) is 0.353. The van der Waals surface area contributed by atoms with Gasteiger partial charge >= 0.3 is 0 Å². The highest BCUT2D eigenvalue weighted by Crippen LogP contribution is 2.17. The van der Waals surface area contributed by atoms with E-state index in [0.29, 0.717) is 6.54 Å². The number of aromatic nitrogens is 1. The largest absolute Gasteiger partial charge is 0.320 e. The van der Waals surface area contributed by atoms with Gasteiger partial charge in [0.15, 0.2) is 5.43 Å². The number of rotatable bonds is 4. The van der Waals surface area contributed by atoms with Gasteiger partial charge < -0.3 is 9.88 Å². The monoisotopic (exact) mass is 270 g/mol. The van der Waals surface area contributed by atoms with Crippen LogP contribution in [0.1, 0.15) is 29.3 Å². The number of hydrogen-bond acceptors (Lipinski definition) is 2. The highest BCUT2D eigenvalue weighted by molar-refractivity contribution is 5.45. The van der Waals surface area contributed by atoms with Crippen LogP contribution >= 0.6 is 0 Å². The van der Waals surface area contributed by atoms with Crippen LogP contribution < -0.4 is 10.7 Å². The quantitative estimate of drug-likeness (QED) is 0.927. The number of hydrogen-bond donors (Lipinski definition) is 1. The minimum Gasteiger partial charge on any atom is -0.320 e. The zero-order valence-corrected chi connectivity index (χ0v) is 12.7. The fourth-order valence-corrected chi connectivity index (χ4v) is 2.30. The summed E-state index contributed by atoms with van der Waals surface area (Å²) < 4.78 is 2.11. The highest BCUT2D eigenvalue weighted by Gasteiger charge is 2.07. The fourth-order valence-electron chi connectivity index (χ4n) is 2.30. The Balaban J connectivity index is 2.55. The van der Waals surface area contributed by atoms with E-state index in [4.69, 9.17) is 0 Å². The average Bonchev–Trinajstić information content (AvgIpc) is 2.41. The molecule has 1 N–H and O–H groups in total. The maximum absolute atomic E-state index is 12.0. The summed E-state index contributed by atoms with van der Waals surface area (Å²) in [6, 6.07) is 8.10. The van der Waals surface area contributed by atoms with Gasteiger partial charge in [-0.05, 0) is 44.5 Å². The van der Waals surface area contributed by atoms with Gasteiger partial charge in [0.25, 0.3) is 0 Å². The molecule has 0 amide bonds. The van der Waals surface area contributed by atoms with E-state index in [2.05, 4.69) is 41.9 Å². The van der Waals surface area contributed by atoms with Gasteiger partial charge in [-0.3, -0.25) is 4.79 Å². The third kappa shape index (κ3) is 2.99. The predicted molar refractivity (Wildman–Crippen MR) is 83.6 cm³/mol. The molecule has 0 radical (unpaired) electrons. The molecule has 0 saturated carbocycles. The van der Waals surface area contributed by atoms with Gasteiger partial charge in [0.05, 0.1) is 0 Å². The molecule has 1 aromatic heterocycles. The maximum atomic E-state index is 12.0. The van der Waals surface area contributed by atoms with Crippen molar-refractivity contribution in [1.29, 1.82) is 0 Å². The molecule has 1 aromatic carbocycles. The summed E-state index contributed by atoms with van der Waals surface area (Å²) in [6.07, 6.45) is 1.96. The molecule has 0 spiro atoms. The summed E-state index contributed by atoms with van der Waals surface area (Å²) in [5.74, 6) is 0. The average molecular weight is 270 g/mol. The Morgan fingerprint density at radius 1 is 1.15 bits per heavy atom. The Hall–Kier alpha value is -1.87. The van der Waals surface area contributed by atoms with E-state index < -0.39 is 0 Å². The lowest BCUT2D eigenvalue weighted by Crippen LogP contribution is -2.21. The smallest absolute Gasteiger partial charge is 0.186 e. The van der Waals surface area contributed by atoms with E-state index in [-0.39, 0.29) is 5.43 Å². The topological polar surface area (TPSA) is 34.0 Å². The normalized spacial score (nSPS) is 10.8. The van der Waals surface area contributed by atoms with Crippen molar-refractivity contribution in [2.24, 2.45) is 0 Å². The summed E-state index contributed by atoms with van der Waals surface area (Å²) in [6.45, 7) is 9.66. The van der Waals surface area contributed by atoms with Crippen molar-refractivity contribution in [3.8, 4) is 5.69 Å². The standard InChI is InChI=1S/C17H22N2O/c1-5-18-10-15-11-19(14(4)9-17(15)20)16-8-12(2)6-7-13(16)3/h6-9,11,18H,5,10H2,1-4H3. The molecule has 0 aliphatic heterocycles. The Morgan fingerprint density at radius 3 is 2.60 bits per heavy atom. The summed E-state index contributed by atoms with van der Waals surface area (Å²) in [5, 5.41) is 3.22. The molecule has 20 heavy (non-hydrogen) atoms. The van der Waals surface area contributed by atoms with Crippen molar-refractivity contribution in [3.63, 3.8) is 0 Å². The van der Waals surface area contributed by atoms with Crippen molar-refractivity contribution in [1.82, 2.24) is 9.88 Å². The minimum atomic E-state index is 0.102. The molecule has 0 fully saturated rings. The SMILES string of the molecule is CCNCc1cn(-c2cc(C)ccc2C)c(C)cc1=O. The van der Waals surface area contributed by atoms with Gasteiger partial charge in [0.1, 0.15) is 0 Å². The van der Waals surface area contributed by atoms with Crippen LogP contribution in [0.5, 0.6) is 0 Å². The van der Waals surface area contributed by atoms with Gasteiger partial charge in [-0.1, -0.05) is 19.1 Å². The number of nitrogens with one attached hydrogen (secondary N) is 1. The van der Waals surface area contributed by atoms with Crippen LogP contribution in [0.15, 0.2) is 35.3 Å². The summed E-state index contributed by atoms with van der Waals surface area (Å²) >= 11 is 0. The van der Waals surface area contributed by atoms with Crippen LogP contribution in [0.4, 0.5) is 0 Å². The maximum Gasteiger partial charge on any atom is 0.186 e. The molecule has 2 rings (SSSR count). The molecule has 0 saturated heterocycles. The van der Waals surface area contributed by atoms with Gasteiger partial charge in [-0.15, -0.1) is 0 Å². The first-order chi connectivity index (χ1) is 9.52. The van der Waals surface area contributed by atoms with Crippen molar-refractivity contribution in [2.75, 3.05) is 6.54 Å². The molecular weight excluding hydrogens is 248 g/mol. The molecule has 2 aromatic rings. The van der Waals surface area contributed by atoms with Crippen molar-refractivity contribution >= 4 is 0 Å². The van der Waals surface area contributed by atoms with Crippen LogP contribution in [-0.4, -0.2) is 11.1 Å². The second-order valence-electron chi connectivity index (χ2n) is 5.24. The first-order valence-electron chi connectivity index (χ1n) is 7.03. The van der Waals surface area contributed by atoms with Gasteiger partial charge in [0, 0.05) is 35.8 Å². The molecule has 3 heteroatoms. The minimum absolute atomic E-state index is 0.102. The lowest BCUT2D eigenvalue weighted by Gasteiger charge is -2.16. The summed E-state index contributed by atoms with van der Waals surface area (Å²) in [5.41, 5.74) is 5.43. The Kier molecular flexibility index (Phi) is 4.40. The van der Waals surface area contributed by atoms with Gasteiger partial charge in [-0.2, -0.15) is 0 Å². The Morgan fingerprint density at radius 2 is 1.90 bits per heavy atom. The Bertz CT molecular complexity index is 671. The molecule has 1 heterocycles. The van der Waals surface area contributed by atoms with Crippen LogP contribution in [0.25, 0.3) is 5.69 Å². The third-order valence-electron chi connectivity index (χ3n) is 3.51. The van der Waals surface area contributed by atoms with E-state index >= 15 is 0 Å². The third-order valence-corrected chi connectivity index (χ3v) is 3.51. The number of pyridine rings is 1. The molecule has 0 unspecified atom stereocenters. The van der Waals surface area contributed by atoms with Crippen LogP contribution in [0, 0.1) is 20.8 Å². The zero-order chi connectivity index (χ0) is 14.7. The van der Waals surface area contributed by atoms with Crippen LogP contribution in [0.2, 0.25) is 0 Å². The van der Waals surface area contributed by atoms with Crippen molar-refractivity contribution < 1.29 is 0 Å². The van der Waals surface area contributed by atoms with Crippen molar-refractivity contribution in [2.45, 2.75) is 34.2 Å². The van der Waals surface area contributed by atoms with Gasteiger partial charge in [0.2, 0.25) is 0 Å². The van der Waals surface area contributed by atoms with Gasteiger partial charge in [-0.25, -0.2) is 0 Å². The number of aryl methyl sites for hydroxylation is 3. The lowest BCUT2D eigenvalue weighted by atomic mass is 10.1.